The van der Waals surface area contributed by atoms with Crippen LogP contribution in [0.25, 0.3) is 0 Å². The zero-order valence-corrected chi connectivity index (χ0v) is 7.04. The fourth-order valence-corrected chi connectivity index (χ4v) is 0.872. The molecular weight excluding hydrogens is 178 g/mol. The van der Waals surface area contributed by atoms with E-state index in [2.05, 4.69) is 9.50 Å². The first-order valence-electron chi connectivity index (χ1n) is 3.30. The molecule has 0 aliphatic rings. The van der Waals surface area contributed by atoms with Gasteiger partial charge in [-0.1, -0.05) is 18.2 Å². The van der Waals surface area contributed by atoms with Crippen LogP contribution in [-0.4, -0.2) is 15.5 Å². The van der Waals surface area contributed by atoms with Gasteiger partial charge < -0.3 is 9.87 Å². The van der Waals surface area contributed by atoms with E-state index in [9.17, 15) is 8.76 Å². The van der Waals surface area contributed by atoms with E-state index in [4.69, 9.17) is 0 Å². The summed E-state index contributed by atoms with van der Waals surface area (Å²) in [5.41, 5.74) is 0.822. The second kappa shape index (κ2) is 4.87. The van der Waals surface area contributed by atoms with Gasteiger partial charge >= 0.3 is 0 Å². The number of rotatable bonds is 4. The summed E-state index contributed by atoms with van der Waals surface area (Å²) in [6, 6.07) is 9.19. The Morgan fingerprint density at radius 1 is 1.42 bits per heavy atom. The molecule has 0 amide bonds. The van der Waals surface area contributed by atoms with Gasteiger partial charge in [0.15, 0.2) is 0 Å². The zero-order valence-electron chi connectivity index (χ0n) is 6.23. The summed E-state index contributed by atoms with van der Waals surface area (Å²) in [4.78, 5) is 0. The molecule has 4 nitrogen and oxygen atoms in total. The Hall–Kier alpha value is -0.910. The summed E-state index contributed by atoms with van der Waals surface area (Å²) < 4.78 is 24.1. The maximum absolute atomic E-state index is 9.93. The molecule has 1 rings (SSSR count). The van der Waals surface area contributed by atoms with Gasteiger partial charge in [-0.3, -0.25) is 4.18 Å². The first-order valence-corrected chi connectivity index (χ1v) is 4.30. The molecule has 1 N–H and O–H groups in total. The first-order chi connectivity index (χ1) is 5.79. The van der Waals surface area contributed by atoms with E-state index in [-0.39, 0.29) is 6.73 Å². The highest BCUT2D eigenvalue weighted by molar-refractivity contribution is 7.74. The van der Waals surface area contributed by atoms with Crippen LogP contribution in [0.5, 0.6) is 0 Å². The smallest absolute Gasteiger partial charge is 0.132 e. The van der Waals surface area contributed by atoms with Gasteiger partial charge in [0.2, 0.25) is 0 Å². The minimum Gasteiger partial charge on any atom is -0.750 e. The number of hydrogen-bond acceptors (Lipinski definition) is 4. The Morgan fingerprint density at radius 2 is 2.08 bits per heavy atom. The van der Waals surface area contributed by atoms with Gasteiger partial charge in [-0.15, -0.1) is 0 Å². The number of benzene rings is 1. The standard InChI is InChI=1S/C7H9NO3S/c9-12(10)11-6-8-7-4-2-1-3-5-7/h1-5,8H,6H2,(H,9,10)/p-1. The third kappa shape index (κ3) is 3.47. The van der Waals surface area contributed by atoms with Crippen molar-refractivity contribution in [1.29, 1.82) is 0 Å². The van der Waals surface area contributed by atoms with E-state index in [0.717, 1.165) is 5.69 Å². The molecule has 1 unspecified atom stereocenters. The van der Waals surface area contributed by atoms with E-state index >= 15 is 0 Å². The highest BCUT2D eigenvalue weighted by atomic mass is 32.2. The molecule has 0 radical (unpaired) electrons. The lowest BCUT2D eigenvalue weighted by molar-refractivity contribution is 0.323. The Kier molecular flexibility index (Phi) is 3.72. The average Bonchev–Trinajstić information content (AvgIpc) is 2.05. The molecule has 0 heterocycles. The molecule has 5 heteroatoms. The molecule has 0 fully saturated rings. The van der Waals surface area contributed by atoms with E-state index in [0.29, 0.717) is 0 Å². The minimum absolute atomic E-state index is 0.0415. The van der Waals surface area contributed by atoms with Crippen LogP contribution in [0.15, 0.2) is 30.3 Å². The highest BCUT2D eigenvalue weighted by Gasteiger charge is 1.87. The van der Waals surface area contributed by atoms with Gasteiger partial charge in [-0.05, 0) is 12.1 Å². The molecule has 1 atom stereocenters. The van der Waals surface area contributed by atoms with Crippen molar-refractivity contribution in [3.05, 3.63) is 30.3 Å². The third-order valence-corrected chi connectivity index (χ3v) is 1.52. The fourth-order valence-electron chi connectivity index (χ4n) is 0.717. The van der Waals surface area contributed by atoms with Crippen molar-refractivity contribution in [3.8, 4) is 0 Å². The molecular formula is C7H8NO3S-. The molecule has 0 spiro atoms. The van der Waals surface area contributed by atoms with Gasteiger partial charge in [0.05, 0.1) is 11.4 Å². The first kappa shape index (κ1) is 9.18. The Balaban J connectivity index is 2.29. The van der Waals surface area contributed by atoms with Crippen molar-refractivity contribution in [2.24, 2.45) is 0 Å². The van der Waals surface area contributed by atoms with Gasteiger partial charge in [-0.25, -0.2) is 4.21 Å². The molecule has 1 aromatic rings. The third-order valence-electron chi connectivity index (χ3n) is 1.21. The SMILES string of the molecule is O=S([O-])OCNc1ccccc1. The lowest BCUT2D eigenvalue weighted by Crippen LogP contribution is -2.07. The molecule has 1 aromatic carbocycles. The lowest BCUT2D eigenvalue weighted by Gasteiger charge is -2.07. The minimum atomic E-state index is -2.45. The Labute approximate surface area is 73.0 Å². The summed E-state index contributed by atoms with van der Waals surface area (Å²) in [5.74, 6) is 0. The van der Waals surface area contributed by atoms with Gasteiger partial charge in [0.25, 0.3) is 0 Å². The van der Waals surface area contributed by atoms with E-state index in [1.54, 1.807) is 0 Å². The number of hydrogen-bond donors (Lipinski definition) is 1. The van der Waals surface area contributed by atoms with E-state index in [1.807, 2.05) is 30.3 Å². The quantitative estimate of drug-likeness (QED) is 0.559. The molecule has 0 saturated carbocycles. The van der Waals surface area contributed by atoms with Gasteiger partial charge in [-0.2, -0.15) is 0 Å². The fraction of sp³-hybridized carbons (Fsp3) is 0.143. The summed E-state index contributed by atoms with van der Waals surface area (Å²) in [5, 5.41) is 2.76. The average molecular weight is 186 g/mol. The number of para-hydroxylation sites is 1. The zero-order chi connectivity index (χ0) is 8.81. The van der Waals surface area contributed by atoms with Crippen LogP contribution in [0, 0.1) is 0 Å². The normalized spacial score (nSPS) is 12.4. The number of nitrogens with one attached hydrogen (secondary N) is 1. The monoisotopic (exact) mass is 186 g/mol. The lowest BCUT2D eigenvalue weighted by atomic mass is 10.3. The van der Waals surface area contributed by atoms with Crippen LogP contribution in [-0.2, 0) is 15.5 Å². The van der Waals surface area contributed by atoms with Crippen LogP contribution < -0.4 is 5.32 Å². The molecule has 0 aliphatic heterocycles. The van der Waals surface area contributed by atoms with Crippen molar-refractivity contribution in [2.45, 2.75) is 0 Å². The van der Waals surface area contributed by atoms with Crippen LogP contribution >= 0.6 is 0 Å². The summed E-state index contributed by atoms with van der Waals surface area (Å²) in [7, 11) is 0. The predicted molar refractivity (Wildman–Crippen MR) is 44.9 cm³/mol. The second-order valence-electron chi connectivity index (χ2n) is 2.01. The van der Waals surface area contributed by atoms with Crippen LogP contribution in [0.2, 0.25) is 0 Å². The molecule has 0 bridgehead atoms. The van der Waals surface area contributed by atoms with E-state index in [1.165, 1.54) is 0 Å². The van der Waals surface area contributed by atoms with Gasteiger partial charge in [0, 0.05) is 5.69 Å². The summed E-state index contributed by atoms with van der Waals surface area (Å²) in [6.45, 7) is -0.0415. The summed E-state index contributed by atoms with van der Waals surface area (Å²) in [6.07, 6.45) is 0. The topological polar surface area (TPSA) is 61.4 Å². The maximum atomic E-state index is 9.93. The molecule has 0 aliphatic carbocycles. The van der Waals surface area contributed by atoms with Crippen molar-refractivity contribution in [3.63, 3.8) is 0 Å². The van der Waals surface area contributed by atoms with Gasteiger partial charge in [0.1, 0.15) is 6.73 Å². The van der Waals surface area contributed by atoms with Crippen molar-refractivity contribution < 1.29 is 12.9 Å². The van der Waals surface area contributed by atoms with Crippen molar-refractivity contribution in [1.82, 2.24) is 0 Å². The summed E-state index contributed by atoms with van der Waals surface area (Å²) >= 11 is -2.45. The van der Waals surface area contributed by atoms with Crippen molar-refractivity contribution in [2.75, 3.05) is 12.0 Å². The van der Waals surface area contributed by atoms with Crippen LogP contribution in [0.3, 0.4) is 0 Å². The van der Waals surface area contributed by atoms with Crippen LogP contribution in [0.1, 0.15) is 0 Å². The van der Waals surface area contributed by atoms with Crippen molar-refractivity contribution >= 4 is 17.0 Å². The highest BCUT2D eigenvalue weighted by Crippen LogP contribution is 2.03. The molecule has 66 valence electrons. The number of anilines is 1. The molecule has 12 heavy (non-hydrogen) atoms. The second-order valence-corrected chi connectivity index (χ2v) is 2.65. The predicted octanol–water partition coefficient (Wildman–Crippen LogP) is 0.867. The largest absolute Gasteiger partial charge is 0.750 e. The Bertz CT molecular complexity index is 252. The van der Waals surface area contributed by atoms with E-state index < -0.39 is 11.4 Å². The molecule has 0 saturated heterocycles. The van der Waals surface area contributed by atoms with Crippen LogP contribution in [0.4, 0.5) is 5.69 Å². The molecule has 0 aromatic heterocycles. The Morgan fingerprint density at radius 3 is 2.67 bits per heavy atom. The maximum Gasteiger partial charge on any atom is 0.132 e.